The van der Waals surface area contributed by atoms with Crippen molar-refractivity contribution < 1.29 is 32.4 Å². The molecule has 1 aromatic carbocycles. The molecule has 0 amide bonds. The van der Waals surface area contributed by atoms with Crippen molar-refractivity contribution in [3.05, 3.63) is 35.9 Å². The molecule has 0 bridgehead atoms. The van der Waals surface area contributed by atoms with Gasteiger partial charge in [-0.3, -0.25) is 0 Å². The first-order valence-corrected chi connectivity index (χ1v) is 3.65. The summed E-state index contributed by atoms with van der Waals surface area (Å²) in [5.74, 6) is 0. The quantitative estimate of drug-likeness (QED) is 0.431. The molecule has 0 aliphatic carbocycles. The molecule has 9 heavy (non-hydrogen) atoms. The summed E-state index contributed by atoms with van der Waals surface area (Å²) in [6.07, 6.45) is 0. The first kappa shape index (κ1) is 9.70. The smallest absolute Gasteiger partial charge is 1.00 e. The zero-order valence-electron chi connectivity index (χ0n) is 7.47. The van der Waals surface area contributed by atoms with Gasteiger partial charge in [-0.2, -0.15) is 0 Å². The van der Waals surface area contributed by atoms with Crippen molar-refractivity contribution in [3.63, 3.8) is 0 Å². The number of alkyl halides is 1. The van der Waals surface area contributed by atoms with Crippen LogP contribution in [0.25, 0.3) is 0 Å². The Bertz CT molecular complexity index is 158. The van der Waals surface area contributed by atoms with Crippen LogP contribution in [0.1, 0.15) is 8.42 Å². The molecule has 0 aliphatic heterocycles. The third-order valence-electron chi connectivity index (χ3n) is 0.997. The van der Waals surface area contributed by atoms with Crippen molar-refractivity contribution >= 4 is 15.9 Å². The van der Waals surface area contributed by atoms with Gasteiger partial charge in [0.15, 0.2) is 0 Å². The average molecular weight is 196 g/mol. The first-order valence-electron chi connectivity index (χ1n) is 2.53. The molecule has 0 radical (unpaired) electrons. The van der Waals surface area contributed by atoms with E-state index in [0.29, 0.717) is 0 Å². The van der Waals surface area contributed by atoms with Gasteiger partial charge in [0.05, 0.1) is 0 Å². The number of hydrogen-bond donors (Lipinski definition) is 0. The van der Waals surface area contributed by atoms with Crippen LogP contribution >= 0.6 is 15.9 Å². The summed E-state index contributed by atoms with van der Waals surface area (Å²) in [6.45, 7) is 0. The minimum atomic E-state index is 0. The molecule has 0 unspecified atom stereocenters. The van der Waals surface area contributed by atoms with Gasteiger partial charge in [0.25, 0.3) is 0 Å². The van der Waals surface area contributed by atoms with E-state index in [4.69, 9.17) is 0 Å². The fourth-order valence-electron chi connectivity index (χ4n) is 0.567. The van der Waals surface area contributed by atoms with Crippen molar-refractivity contribution in [2.45, 2.75) is 5.33 Å². The van der Waals surface area contributed by atoms with Crippen LogP contribution in [0.15, 0.2) is 30.3 Å². The zero-order valence-corrected chi connectivity index (χ0v) is 9.06. The predicted octanol–water partition coefficient (Wildman–Crippen LogP) is -0.190. The van der Waals surface area contributed by atoms with E-state index in [0.717, 1.165) is 5.33 Å². The standard InChI is InChI=1S/C7H7Br.Na.H/c8-6-7-4-2-1-3-5-7;;/h1-5H,6H2;;/q;+1;-1/p+1. The van der Waals surface area contributed by atoms with E-state index >= 15 is 0 Å². The molecule has 0 aromatic heterocycles. The molecule has 1 rings (SSSR count). The third kappa shape index (κ3) is 3.41. The Morgan fingerprint density at radius 3 is 2.22 bits per heavy atom. The molecule has 0 atom stereocenters. The zero-order chi connectivity index (χ0) is 5.82. The molecule has 0 fully saturated rings. The van der Waals surface area contributed by atoms with Gasteiger partial charge in [-0.15, -0.1) is 0 Å². The van der Waals surface area contributed by atoms with Gasteiger partial charge in [-0.05, 0) is 5.56 Å². The van der Waals surface area contributed by atoms with Crippen LogP contribution in [0, 0.1) is 0 Å². The molecular formula is C7H9BrNa+. The van der Waals surface area contributed by atoms with Crippen LogP contribution in [-0.4, -0.2) is 0 Å². The SMILES string of the molecule is BrCc1ccccc1.[H+].[H-].[Na+]. The monoisotopic (exact) mass is 195 g/mol. The first-order chi connectivity index (χ1) is 3.93. The molecule has 0 saturated heterocycles. The molecule has 0 saturated carbocycles. The maximum Gasteiger partial charge on any atom is 1.00 e. The maximum absolute atomic E-state index is 3.36. The van der Waals surface area contributed by atoms with Crippen molar-refractivity contribution in [1.82, 2.24) is 0 Å². The second-order valence-electron chi connectivity index (χ2n) is 1.62. The van der Waals surface area contributed by atoms with E-state index in [-0.39, 0.29) is 32.4 Å². The predicted molar refractivity (Wildman–Crippen MR) is 41.3 cm³/mol. The Balaban J connectivity index is -0.000000213. The van der Waals surface area contributed by atoms with Gasteiger partial charge in [0.2, 0.25) is 0 Å². The van der Waals surface area contributed by atoms with Gasteiger partial charge in [-0.25, -0.2) is 0 Å². The molecule has 44 valence electrons. The summed E-state index contributed by atoms with van der Waals surface area (Å²) in [5.41, 5.74) is 1.33. The van der Waals surface area contributed by atoms with Crippen LogP contribution in [0.2, 0.25) is 0 Å². The van der Waals surface area contributed by atoms with Crippen molar-refractivity contribution in [3.8, 4) is 0 Å². The maximum atomic E-state index is 3.36. The average Bonchev–Trinajstić information content (AvgIpc) is 1.90. The van der Waals surface area contributed by atoms with E-state index in [1.54, 1.807) is 0 Å². The Labute approximate surface area is 89.0 Å². The summed E-state index contributed by atoms with van der Waals surface area (Å²) in [7, 11) is 0. The van der Waals surface area contributed by atoms with Crippen molar-refractivity contribution in [1.29, 1.82) is 0 Å². The van der Waals surface area contributed by atoms with Gasteiger partial charge < -0.3 is 1.43 Å². The Morgan fingerprint density at radius 2 is 1.89 bits per heavy atom. The molecule has 0 nitrogen and oxygen atoms in total. The van der Waals surface area contributed by atoms with Crippen LogP contribution in [0.5, 0.6) is 0 Å². The molecular weight excluding hydrogens is 187 g/mol. The van der Waals surface area contributed by atoms with Gasteiger partial charge in [0.1, 0.15) is 0 Å². The second-order valence-corrected chi connectivity index (χ2v) is 2.18. The molecule has 0 aliphatic rings. The molecule has 0 N–H and O–H groups in total. The minimum absolute atomic E-state index is 0. The van der Waals surface area contributed by atoms with E-state index < -0.39 is 0 Å². The number of benzene rings is 1. The summed E-state index contributed by atoms with van der Waals surface area (Å²) >= 11 is 3.36. The fourth-order valence-corrected chi connectivity index (χ4v) is 0.941. The molecule has 1 aromatic rings. The molecule has 2 heteroatoms. The number of rotatable bonds is 1. The van der Waals surface area contributed by atoms with Crippen LogP contribution < -0.4 is 29.6 Å². The summed E-state index contributed by atoms with van der Waals surface area (Å²) < 4.78 is 0. The molecule has 0 heterocycles. The Morgan fingerprint density at radius 1 is 1.33 bits per heavy atom. The fraction of sp³-hybridized carbons (Fsp3) is 0.143. The van der Waals surface area contributed by atoms with Crippen molar-refractivity contribution in [2.24, 2.45) is 0 Å². The summed E-state index contributed by atoms with van der Waals surface area (Å²) in [6, 6.07) is 10.3. The van der Waals surface area contributed by atoms with E-state index in [1.165, 1.54) is 5.56 Å². The van der Waals surface area contributed by atoms with Gasteiger partial charge >= 0.3 is 31.0 Å². The topological polar surface area (TPSA) is 0 Å². The summed E-state index contributed by atoms with van der Waals surface area (Å²) in [4.78, 5) is 0. The second kappa shape index (κ2) is 5.48. The van der Waals surface area contributed by atoms with Gasteiger partial charge in [-0.1, -0.05) is 46.3 Å². The normalized spacial score (nSPS) is 8.11. The van der Waals surface area contributed by atoms with Crippen molar-refractivity contribution in [2.75, 3.05) is 0 Å². The van der Waals surface area contributed by atoms with Gasteiger partial charge in [0, 0.05) is 5.33 Å². The van der Waals surface area contributed by atoms with Crippen LogP contribution in [0.3, 0.4) is 0 Å². The van der Waals surface area contributed by atoms with Crippen LogP contribution in [0.4, 0.5) is 0 Å². The van der Waals surface area contributed by atoms with E-state index in [2.05, 4.69) is 28.1 Å². The molecule has 0 spiro atoms. The Hall–Kier alpha value is 0.700. The van der Waals surface area contributed by atoms with Crippen LogP contribution in [-0.2, 0) is 5.33 Å². The van der Waals surface area contributed by atoms with E-state index in [1.807, 2.05) is 18.2 Å². The number of hydrogen-bond acceptors (Lipinski definition) is 0. The number of halogens is 1. The minimum Gasteiger partial charge on any atom is -1.00 e. The largest absolute Gasteiger partial charge is 1.00 e. The Kier molecular flexibility index (Phi) is 5.91. The third-order valence-corrected chi connectivity index (χ3v) is 1.64. The summed E-state index contributed by atoms with van der Waals surface area (Å²) in [5, 5.41) is 0.952. The van der Waals surface area contributed by atoms with E-state index in [9.17, 15) is 0 Å².